The normalized spacial score (nSPS) is 51.9. The molecule has 4 aliphatic carbocycles. The number of carbonyl (C=O) groups excluding carboxylic acids is 2. The predicted molar refractivity (Wildman–Crippen MR) is 107 cm³/mol. The van der Waals surface area contributed by atoms with Crippen molar-refractivity contribution in [3.63, 3.8) is 0 Å². The van der Waals surface area contributed by atoms with E-state index in [9.17, 15) is 9.59 Å². The number of alkyl halides is 2. The smallest absolute Gasteiger partial charge is 0.305 e. The lowest BCUT2D eigenvalue weighted by Gasteiger charge is -2.63. The number of carbonyl (C=O) groups is 2. The highest BCUT2D eigenvalue weighted by Crippen LogP contribution is 2.69. The van der Waals surface area contributed by atoms with E-state index in [1.165, 1.54) is 0 Å². The standard InChI is InChI=1S/C22H32Cl2O3/c1-4-18(26)27-17-6-5-14-13-7-12-22(24)19(23)16(25)9-11-21(22,3)15(13)8-10-20(14,17)2/h13-15,17,19H,4-12H2,1-3H3/t13-,14-,15-,17-,19?,20-,21+,22?/m0/s1. The molecule has 0 amide bonds. The molecule has 0 aromatic carbocycles. The van der Waals surface area contributed by atoms with Crippen molar-refractivity contribution >= 4 is 35.0 Å². The molecule has 0 radical (unpaired) electrons. The molecule has 0 aliphatic heterocycles. The number of rotatable bonds is 2. The van der Waals surface area contributed by atoms with Crippen LogP contribution in [-0.2, 0) is 14.3 Å². The summed E-state index contributed by atoms with van der Waals surface area (Å²) in [4.78, 5) is 23.6. The molecule has 0 N–H and O–H groups in total. The van der Waals surface area contributed by atoms with E-state index in [0.29, 0.717) is 30.6 Å². The first-order valence-electron chi connectivity index (χ1n) is 10.7. The molecular formula is C22H32Cl2O3. The van der Waals surface area contributed by atoms with E-state index in [-0.39, 0.29) is 28.7 Å². The highest BCUT2D eigenvalue weighted by Gasteiger charge is 2.67. The Morgan fingerprint density at radius 2 is 1.85 bits per heavy atom. The Kier molecular flexibility index (Phi) is 4.91. The van der Waals surface area contributed by atoms with Crippen molar-refractivity contribution in [3.05, 3.63) is 0 Å². The van der Waals surface area contributed by atoms with Crippen LogP contribution in [0, 0.1) is 28.6 Å². The molecule has 0 aromatic rings. The van der Waals surface area contributed by atoms with Crippen LogP contribution in [0.25, 0.3) is 0 Å². The molecule has 4 aliphatic rings. The van der Waals surface area contributed by atoms with Crippen molar-refractivity contribution < 1.29 is 14.3 Å². The van der Waals surface area contributed by atoms with Crippen LogP contribution in [-0.4, -0.2) is 28.1 Å². The summed E-state index contributed by atoms with van der Waals surface area (Å²) in [5.41, 5.74) is -0.00314. The van der Waals surface area contributed by atoms with Crippen LogP contribution in [0.5, 0.6) is 0 Å². The van der Waals surface area contributed by atoms with E-state index in [1.54, 1.807) is 0 Å². The van der Waals surface area contributed by atoms with Gasteiger partial charge in [0.2, 0.25) is 0 Å². The first kappa shape index (κ1) is 20.0. The lowest BCUT2D eigenvalue weighted by molar-refractivity contribution is -0.162. The van der Waals surface area contributed by atoms with Crippen LogP contribution in [0.1, 0.15) is 78.6 Å². The number of Topliss-reactive ketones (excluding diaryl/α,β-unsaturated/α-hetero) is 1. The summed E-state index contributed by atoms with van der Waals surface area (Å²) < 4.78 is 5.86. The maximum Gasteiger partial charge on any atom is 0.305 e. The Morgan fingerprint density at radius 1 is 1.11 bits per heavy atom. The highest BCUT2D eigenvalue weighted by atomic mass is 35.5. The van der Waals surface area contributed by atoms with Gasteiger partial charge in [-0.3, -0.25) is 9.59 Å². The quantitative estimate of drug-likeness (QED) is 0.442. The van der Waals surface area contributed by atoms with Gasteiger partial charge in [0.15, 0.2) is 5.78 Å². The van der Waals surface area contributed by atoms with Gasteiger partial charge >= 0.3 is 5.97 Å². The van der Waals surface area contributed by atoms with E-state index in [2.05, 4.69) is 13.8 Å². The summed E-state index contributed by atoms with van der Waals surface area (Å²) in [6.07, 6.45) is 8.06. The first-order chi connectivity index (χ1) is 12.7. The monoisotopic (exact) mass is 414 g/mol. The van der Waals surface area contributed by atoms with Crippen LogP contribution in [0.4, 0.5) is 0 Å². The zero-order chi connectivity index (χ0) is 19.6. The van der Waals surface area contributed by atoms with Gasteiger partial charge in [0.1, 0.15) is 11.5 Å². The van der Waals surface area contributed by atoms with Gasteiger partial charge in [-0.1, -0.05) is 20.8 Å². The molecule has 27 heavy (non-hydrogen) atoms. The molecule has 152 valence electrons. The lowest BCUT2D eigenvalue weighted by Crippen LogP contribution is -2.64. The van der Waals surface area contributed by atoms with Gasteiger partial charge in [0, 0.05) is 18.3 Å². The van der Waals surface area contributed by atoms with Crippen LogP contribution in [0.15, 0.2) is 0 Å². The Hall–Kier alpha value is -0.280. The maximum absolute atomic E-state index is 12.3. The van der Waals surface area contributed by atoms with Gasteiger partial charge in [-0.2, -0.15) is 0 Å². The molecule has 0 heterocycles. The number of hydrogen-bond acceptors (Lipinski definition) is 3. The zero-order valence-corrected chi connectivity index (χ0v) is 18.2. The number of ether oxygens (including phenoxy) is 1. The Morgan fingerprint density at radius 3 is 2.56 bits per heavy atom. The van der Waals surface area contributed by atoms with E-state index < -0.39 is 10.3 Å². The van der Waals surface area contributed by atoms with Crippen LogP contribution in [0.2, 0.25) is 0 Å². The van der Waals surface area contributed by atoms with E-state index in [1.807, 2.05) is 6.92 Å². The van der Waals surface area contributed by atoms with Crippen LogP contribution >= 0.6 is 23.2 Å². The Balaban J connectivity index is 1.61. The minimum atomic E-state index is -0.606. The van der Waals surface area contributed by atoms with Crippen molar-refractivity contribution in [2.24, 2.45) is 28.6 Å². The second-order valence-electron chi connectivity index (χ2n) is 9.98. The molecule has 0 aromatic heterocycles. The van der Waals surface area contributed by atoms with Crippen LogP contribution in [0.3, 0.4) is 0 Å². The van der Waals surface area contributed by atoms with E-state index >= 15 is 0 Å². The third-order valence-electron chi connectivity index (χ3n) is 9.10. The van der Waals surface area contributed by atoms with Crippen molar-refractivity contribution in [1.29, 1.82) is 0 Å². The molecular weight excluding hydrogens is 383 g/mol. The van der Waals surface area contributed by atoms with Crippen molar-refractivity contribution in [2.45, 2.75) is 94.9 Å². The van der Waals surface area contributed by atoms with Gasteiger partial charge in [0.05, 0.1) is 4.87 Å². The largest absolute Gasteiger partial charge is 0.462 e. The fourth-order valence-electron chi connectivity index (χ4n) is 7.41. The summed E-state index contributed by atoms with van der Waals surface area (Å²) in [5, 5.41) is -0.561. The number of halogens is 2. The lowest BCUT2D eigenvalue weighted by atomic mass is 9.45. The summed E-state index contributed by atoms with van der Waals surface area (Å²) in [6.45, 7) is 6.50. The van der Waals surface area contributed by atoms with Crippen molar-refractivity contribution in [2.75, 3.05) is 0 Å². The second kappa shape index (κ2) is 6.62. The topological polar surface area (TPSA) is 43.4 Å². The SMILES string of the molecule is CCC(=O)O[C@H]1CC[C@H]2[C@@H]3CCC4(Cl)C(Cl)C(=O)CC[C@]4(C)[C@H]3CC[C@]12C. The van der Waals surface area contributed by atoms with E-state index in [4.69, 9.17) is 27.9 Å². The summed E-state index contributed by atoms with van der Waals surface area (Å²) in [6, 6.07) is 0. The third kappa shape index (κ3) is 2.66. The molecule has 0 bridgehead atoms. The van der Waals surface area contributed by atoms with Crippen molar-refractivity contribution in [1.82, 2.24) is 0 Å². The van der Waals surface area contributed by atoms with E-state index in [0.717, 1.165) is 44.9 Å². The summed E-state index contributed by atoms with van der Waals surface area (Å²) >= 11 is 13.8. The Bertz CT molecular complexity index is 651. The fourth-order valence-corrected chi connectivity index (χ4v) is 8.35. The molecule has 4 rings (SSSR count). The average molecular weight is 415 g/mol. The maximum atomic E-state index is 12.3. The average Bonchev–Trinajstić information content (AvgIpc) is 2.97. The molecule has 2 unspecified atom stereocenters. The third-order valence-corrected chi connectivity index (χ3v) is 10.7. The summed E-state index contributed by atoms with van der Waals surface area (Å²) in [5.74, 6) is 1.74. The zero-order valence-electron chi connectivity index (χ0n) is 16.7. The number of hydrogen-bond donors (Lipinski definition) is 0. The van der Waals surface area contributed by atoms with Gasteiger partial charge in [-0.05, 0) is 68.1 Å². The van der Waals surface area contributed by atoms with Gasteiger partial charge in [-0.15, -0.1) is 23.2 Å². The van der Waals surface area contributed by atoms with Gasteiger partial charge < -0.3 is 4.74 Å². The molecule has 4 saturated carbocycles. The van der Waals surface area contributed by atoms with Gasteiger partial charge in [0.25, 0.3) is 0 Å². The first-order valence-corrected chi connectivity index (χ1v) is 11.5. The van der Waals surface area contributed by atoms with Crippen LogP contribution < -0.4 is 0 Å². The minimum Gasteiger partial charge on any atom is -0.462 e. The molecule has 0 spiro atoms. The highest BCUT2D eigenvalue weighted by molar-refractivity contribution is 6.40. The summed E-state index contributed by atoms with van der Waals surface area (Å²) in [7, 11) is 0. The fraction of sp³-hybridized carbons (Fsp3) is 0.909. The second-order valence-corrected chi connectivity index (χ2v) is 11.1. The number of esters is 1. The predicted octanol–water partition coefficient (Wildman–Crippen LogP) is 5.50. The number of fused-ring (bicyclic) bond motifs is 5. The van der Waals surface area contributed by atoms with Crippen molar-refractivity contribution in [3.8, 4) is 0 Å². The Labute approximate surface area is 172 Å². The number of ketones is 1. The molecule has 5 heteroatoms. The molecule has 8 atom stereocenters. The molecule has 4 fully saturated rings. The van der Waals surface area contributed by atoms with Gasteiger partial charge in [-0.25, -0.2) is 0 Å². The minimum absolute atomic E-state index is 0.0556. The molecule has 0 saturated heterocycles. The molecule has 3 nitrogen and oxygen atoms in total.